The van der Waals surface area contributed by atoms with Crippen molar-refractivity contribution >= 4 is 0 Å². The molecule has 0 saturated carbocycles. The third-order valence-corrected chi connectivity index (χ3v) is 6.65. The van der Waals surface area contributed by atoms with E-state index in [1.807, 2.05) is 6.92 Å². The fraction of sp³-hybridized carbons (Fsp3) is 0.333. The standard InChI is InChI=1S/C27H20F8O4/c1-2-5-25-11-36-27(37-12-25,38-13-25)15-8-19(29)23(20(30)9-15)26(34,35)39-16-3-4-17(18(28)10-16)14-6-21(31)24(33)22(32)7-14/h3-4,6-10H,2,5,11-13H2,1H3. The van der Waals surface area contributed by atoms with Crippen molar-refractivity contribution < 1.29 is 54.1 Å². The van der Waals surface area contributed by atoms with Crippen LogP contribution in [0.1, 0.15) is 30.9 Å². The summed E-state index contributed by atoms with van der Waals surface area (Å²) >= 11 is 0. The normalized spacial score (nSPS) is 22.8. The Morgan fingerprint density at radius 3 is 1.85 bits per heavy atom. The Balaban J connectivity index is 1.39. The van der Waals surface area contributed by atoms with Crippen molar-refractivity contribution in [3.8, 4) is 16.9 Å². The molecule has 208 valence electrons. The number of halogens is 8. The molecular formula is C27H20F8O4. The van der Waals surface area contributed by atoms with Crippen LogP contribution in [0.15, 0.2) is 42.5 Å². The van der Waals surface area contributed by atoms with Crippen molar-refractivity contribution in [3.05, 3.63) is 88.5 Å². The van der Waals surface area contributed by atoms with Crippen LogP contribution >= 0.6 is 0 Å². The SMILES string of the molecule is CCCC12COC(c3cc(F)c(C(F)(F)Oc4ccc(-c5cc(F)c(F)c(F)c5)c(F)c4)c(F)c3)(OC1)OC2. The zero-order chi connectivity index (χ0) is 28.2. The molecule has 0 amide bonds. The summed E-state index contributed by atoms with van der Waals surface area (Å²) in [6.45, 7) is 2.52. The van der Waals surface area contributed by atoms with Gasteiger partial charge in [-0.25, -0.2) is 26.3 Å². The van der Waals surface area contributed by atoms with Gasteiger partial charge in [0.05, 0.1) is 19.8 Å². The minimum Gasteiger partial charge on any atom is -0.429 e. The first-order chi connectivity index (χ1) is 18.4. The van der Waals surface area contributed by atoms with Gasteiger partial charge in [-0.2, -0.15) is 8.78 Å². The summed E-state index contributed by atoms with van der Waals surface area (Å²) in [6.07, 6.45) is -3.07. The second kappa shape index (κ2) is 9.76. The van der Waals surface area contributed by atoms with Gasteiger partial charge in [-0.05, 0) is 48.4 Å². The lowest BCUT2D eigenvalue weighted by Gasteiger charge is -2.51. The molecule has 3 aliphatic rings. The van der Waals surface area contributed by atoms with Gasteiger partial charge in [-0.3, -0.25) is 0 Å². The second-order valence-electron chi connectivity index (χ2n) is 9.50. The lowest BCUT2D eigenvalue weighted by molar-refractivity contribution is -0.480. The van der Waals surface area contributed by atoms with Crippen LogP contribution in [0, 0.1) is 40.3 Å². The Labute approximate surface area is 217 Å². The predicted octanol–water partition coefficient (Wildman–Crippen LogP) is 7.29. The smallest absolute Gasteiger partial charge is 0.429 e. The van der Waals surface area contributed by atoms with Gasteiger partial charge in [0.2, 0.25) is 0 Å². The van der Waals surface area contributed by atoms with E-state index in [-0.39, 0.29) is 25.4 Å². The number of alkyl halides is 2. The molecule has 4 nitrogen and oxygen atoms in total. The molecule has 0 N–H and O–H groups in total. The number of ether oxygens (including phenoxy) is 4. The van der Waals surface area contributed by atoms with E-state index in [0.717, 1.165) is 25.0 Å². The number of rotatable bonds is 7. The van der Waals surface area contributed by atoms with E-state index in [2.05, 4.69) is 4.74 Å². The van der Waals surface area contributed by atoms with Gasteiger partial charge in [0.1, 0.15) is 28.8 Å². The molecule has 3 heterocycles. The summed E-state index contributed by atoms with van der Waals surface area (Å²) in [6, 6.07) is 4.22. The van der Waals surface area contributed by atoms with Crippen LogP contribution in [0.3, 0.4) is 0 Å². The minimum absolute atomic E-state index is 0.184. The van der Waals surface area contributed by atoms with Crippen molar-refractivity contribution in [2.24, 2.45) is 5.41 Å². The molecule has 2 bridgehead atoms. The van der Waals surface area contributed by atoms with E-state index in [1.54, 1.807) is 0 Å². The van der Waals surface area contributed by atoms with E-state index in [4.69, 9.17) is 14.2 Å². The van der Waals surface area contributed by atoms with Crippen molar-refractivity contribution in [1.29, 1.82) is 0 Å². The van der Waals surface area contributed by atoms with E-state index < -0.39 is 74.8 Å². The van der Waals surface area contributed by atoms with Gasteiger partial charge in [0, 0.05) is 22.6 Å². The molecule has 3 fully saturated rings. The average molecular weight is 560 g/mol. The Morgan fingerprint density at radius 1 is 0.769 bits per heavy atom. The molecule has 3 saturated heterocycles. The first-order valence-corrected chi connectivity index (χ1v) is 11.8. The Hall–Kier alpha value is -3.22. The van der Waals surface area contributed by atoms with Crippen LogP contribution in [-0.4, -0.2) is 19.8 Å². The molecule has 3 aromatic rings. The summed E-state index contributed by atoms with van der Waals surface area (Å²) in [4.78, 5) is 0. The van der Waals surface area contributed by atoms with Crippen molar-refractivity contribution in [3.63, 3.8) is 0 Å². The van der Waals surface area contributed by atoms with Crippen LogP contribution < -0.4 is 4.74 Å². The van der Waals surface area contributed by atoms with Gasteiger partial charge in [0.15, 0.2) is 17.5 Å². The maximum Gasteiger partial charge on any atom is 0.432 e. The van der Waals surface area contributed by atoms with Crippen molar-refractivity contribution in [2.75, 3.05) is 19.8 Å². The predicted molar refractivity (Wildman–Crippen MR) is 119 cm³/mol. The summed E-state index contributed by atoms with van der Waals surface area (Å²) in [5, 5.41) is 0. The van der Waals surface area contributed by atoms with Gasteiger partial charge >= 0.3 is 12.1 Å². The Morgan fingerprint density at radius 2 is 1.33 bits per heavy atom. The highest BCUT2D eigenvalue weighted by atomic mass is 19.3. The Bertz CT molecular complexity index is 1360. The van der Waals surface area contributed by atoms with Crippen LogP contribution in [-0.2, 0) is 26.3 Å². The topological polar surface area (TPSA) is 36.9 Å². The summed E-state index contributed by atoms with van der Waals surface area (Å²) in [7, 11) is 0. The maximum atomic E-state index is 14.9. The molecule has 3 aliphatic heterocycles. The molecule has 3 aromatic carbocycles. The van der Waals surface area contributed by atoms with Crippen LogP contribution in [0.2, 0.25) is 0 Å². The first-order valence-electron chi connectivity index (χ1n) is 11.8. The Kier molecular flexibility index (Phi) is 6.84. The molecule has 6 rings (SSSR count). The molecule has 0 unspecified atom stereocenters. The number of fused-ring (bicyclic) bond motifs is 3. The maximum absolute atomic E-state index is 14.9. The van der Waals surface area contributed by atoms with E-state index >= 15 is 0 Å². The molecule has 0 aliphatic carbocycles. The summed E-state index contributed by atoms with van der Waals surface area (Å²) < 4.78 is 136. The molecule has 0 atom stereocenters. The molecule has 0 spiro atoms. The number of hydrogen-bond acceptors (Lipinski definition) is 4. The highest BCUT2D eigenvalue weighted by Gasteiger charge is 2.54. The van der Waals surface area contributed by atoms with Crippen LogP contribution in [0.4, 0.5) is 35.1 Å². The highest BCUT2D eigenvalue weighted by Crippen LogP contribution is 2.47. The molecule has 0 radical (unpaired) electrons. The van der Waals surface area contributed by atoms with Gasteiger partial charge in [-0.15, -0.1) is 0 Å². The lowest BCUT2D eigenvalue weighted by Crippen LogP contribution is -2.58. The fourth-order valence-corrected chi connectivity index (χ4v) is 4.72. The third kappa shape index (κ3) is 4.85. The molecule has 39 heavy (non-hydrogen) atoms. The van der Waals surface area contributed by atoms with Gasteiger partial charge < -0.3 is 18.9 Å². The fourth-order valence-electron chi connectivity index (χ4n) is 4.72. The summed E-state index contributed by atoms with van der Waals surface area (Å²) in [5.74, 6) is -12.4. The molecular weight excluding hydrogens is 540 g/mol. The first kappa shape index (κ1) is 27.4. The monoisotopic (exact) mass is 560 g/mol. The largest absolute Gasteiger partial charge is 0.432 e. The van der Waals surface area contributed by atoms with Gasteiger partial charge in [-0.1, -0.05) is 13.3 Å². The zero-order valence-corrected chi connectivity index (χ0v) is 20.2. The summed E-state index contributed by atoms with van der Waals surface area (Å²) in [5.41, 5.74) is -3.36. The number of benzene rings is 3. The third-order valence-electron chi connectivity index (χ3n) is 6.65. The molecule has 0 aromatic heterocycles. The van der Waals surface area contributed by atoms with E-state index in [0.29, 0.717) is 30.3 Å². The van der Waals surface area contributed by atoms with Crippen molar-refractivity contribution in [1.82, 2.24) is 0 Å². The van der Waals surface area contributed by atoms with Gasteiger partial charge in [0.25, 0.3) is 0 Å². The van der Waals surface area contributed by atoms with E-state index in [9.17, 15) is 35.1 Å². The minimum atomic E-state index is -4.62. The van der Waals surface area contributed by atoms with Crippen LogP contribution in [0.5, 0.6) is 5.75 Å². The average Bonchev–Trinajstić information content (AvgIpc) is 2.87. The highest BCUT2D eigenvalue weighted by molar-refractivity contribution is 5.65. The second-order valence-corrected chi connectivity index (χ2v) is 9.50. The van der Waals surface area contributed by atoms with E-state index in [1.165, 1.54) is 0 Å². The van der Waals surface area contributed by atoms with Crippen molar-refractivity contribution in [2.45, 2.75) is 31.8 Å². The zero-order valence-electron chi connectivity index (χ0n) is 20.2. The van der Waals surface area contributed by atoms with Crippen LogP contribution in [0.25, 0.3) is 11.1 Å². The number of hydrogen-bond donors (Lipinski definition) is 0. The quantitative estimate of drug-likeness (QED) is 0.225. The lowest BCUT2D eigenvalue weighted by atomic mass is 9.83. The molecule has 12 heteroatoms.